The van der Waals surface area contributed by atoms with Gasteiger partial charge < -0.3 is 19.3 Å². The van der Waals surface area contributed by atoms with Gasteiger partial charge in [0, 0.05) is 0 Å². The summed E-state index contributed by atoms with van der Waals surface area (Å²) in [6.07, 6.45) is -1.30. The number of fused-ring (bicyclic) bond motifs is 5. The first-order valence-electron chi connectivity index (χ1n) is 6.46. The van der Waals surface area contributed by atoms with Gasteiger partial charge in [0.25, 0.3) is 0 Å². The van der Waals surface area contributed by atoms with Crippen LogP contribution in [0.1, 0.15) is 12.1 Å². The molecule has 0 radical (unpaired) electrons. The average molecular weight is 420 g/mol. The number of rotatable bonds is 1. The molecular formula is C13H12Br2N2O4. The molecule has 4 rings (SSSR count). The SMILES string of the molecule is COc1c(Br)cc2c(nc3n2[C@H]2OC[C@@H](O)[C@H]2OC3)c1Br. The number of methoxy groups -OCH3 is 1. The number of halogens is 2. The van der Waals surface area contributed by atoms with E-state index in [0.717, 1.165) is 25.8 Å². The average Bonchev–Trinajstić information content (AvgIpc) is 3.01. The quantitative estimate of drug-likeness (QED) is 0.768. The fourth-order valence-corrected chi connectivity index (χ4v) is 4.44. The van der Waals surface area contributed by atoms with Crippen molar-refractivity contribution in [2.24, 2.45) is 0 Å². The van der Waals surface area contributed by atoms with E-state index in [-0.39, 0.29) is 18.9 Å². The van der Waals surface area contributed by atoms with Gasteiger partial charge in [-0.25, -0.2) is 4.98 Å². The first-order chi connectivity index (χ1) is 10.1. The fourth-order valence-electron chi connectivity index (χ4n) is 2.93. The Bertz CT molecular complexity index is 733. The van der Waals surface area contributed by atoms with Gasteiger partial charge >= 0.3 is 0 Å². The Balaban J connectivity index is 1.97. The summed E-state index contributed by atoms with van der Waals surface area (Å²) in [5.74, 6) is 1.48. The molecule has 21 heavy (non-hydrogen) atoms. The molecule has 1 fully saturated rings. The predicted octanol–water partition coefficient (Wildman–Crippen LogP) is 2.36. The molecule has 6 nitrogen and oxygen atoms in total. The van der Waals surface area contributed by atoms with Crippen molar-refractivity contribution in [1.82, 2.24) is 9.55 Å². The van der Waals surface area contributed by atoms with Crippen LogP contribution < -0.4 is 4.74 Å². The summed E-state index contributed by atoms with van der Waals surface area (Å²) >= 11 is 7.05. The van der Waals surface area contributed by atoms with Gasteiger partial charge in [-0.15, -0.1) is 0 Å². The Morgan fingerprint density at radius 1 is 1.43 bits per heavy atom. The predicted molar refractivity (Wildman–Crippen MR) is 81.3 cm³/mol. The molecule has 8 heteroatoms. The van der Waals surface area contributed by atoms with Crippen LogP contribution in [0.25, 0.3) is 11.0 Å². The number of ether oxygens (including phenoxy) is 3. The molecule has 1 saturated heterocycles. The van der Waals surface area contributed by atoms with Crippen LogP contribution in [-0.2, 0) is 16.1 Å². The van der Waals surface area contributed by atoms with E-state index in [1.54, 1.807) is 7.11 Å². The maximum absolute atomic E-state index is 9.93. The van der Waals surface area contributed by atoms with Crippen molar-refractivity contribution in [2.75, 3.05) is 13.7 Å². The fraction of sp³-hybridized carbons (Fsp3) is 0.462. The number of imidazole rings is 1. The van der Waals surface area contributed by atoms with E-state index < -0.39 is 6.10 Å². The Labute approximate surface area is 137 Å². The van der Waals surface area contributed by atoms with Crippen LogP contribution >= 0.6 is 31.9 Å². The van der Waals surface area contributed by atoms with Crippen molar-refractivity contribution in [1.29, 1.82) is 0 Å². The number of aliphatic hydroxyl groups is 1. The second kappa shape index (κ2) is 4.92. The first-order valence-corrected chi connectivity index (χ1v) is 8.04. The van der Waals surface area contributed by atoms with Crippen LogP contribution in [0.3, 0.4) is 0 Å². The Kier molecular flexibility index (Phi) is 3.27. The van der Waals surface area contributed by atoms with Gasteiger partial charge in [0.1, 0.15) is 35.9 Å². The molecule has 2 aromatic rings. The van der Waals surface area contributed by atoms with Gasteiger partial charge in [-0.3, -0.25) is 4.57 Å². The summed E-state index contributed by atoms with van der Waals surface area (Å²) in [5.41, 5.74) is 1.70. The lowest BCUT2D eigenvalue weighted by Gasteiger charge is -2.28. The number of hydrogen-bond acceptors (Lipinski definition) is 5. The van der Waals surface area contributed by atoms with E-state index in [1.807, 2.05) is 10.6 Å². The third-order valence-corrected chi connectivity index (χ3v) is 5.19. The summed E-state index contributed by atoms with van der Waals surface area (Å²) in [6, 6.07) is 1.95. The van der Waals surface area contributed by atoms with E-state index in [9.17, 15) is 5.11 Å². The van der Waals surface area contributed by atoms with Crippen molar-refractivity contribution >= 4 is 42.9 Å². The molecule has 0 spiro atoms. The second-order valence-corrected chi connectivity index (χ2v) is 6.69. The molecule has 0 bridgehead atoms. The topological polar surface area (TPSA) is 65.7 Å². The smallest absolute Gasteiger partial charge is 0.164 e. The zero-order valence-corrected chi connectivity index (χ0v) is 14.2. The minimum atomic E-state index is -0.606. The Hall–Kier alpha value is -0.670. The summed E-state index contributed by atoms with van der Waals surface area (Å²) in [5, 5.41) is 9.93. The monoisotopic (exact) mass is 418 g/mol. The lowest BCUT2D eigenvalue weighted by molar-refractivity contribution is -0.0969. The van der Waals surface area contributed by atoms with E-state index in [1.165, 1.54) is 0 Å². The summed E-state index contributed by atoms with van der Waals surface area (Å²) in [4.78, 5) is 4.62. The van der Waals surface area contributed by atoms with Crippen LogP contribution in [0, 0.1) is 0 Å². The molecule has 2 aliphatic rings. The van der Waals surface area contributed by atoms with E-state index >= 15 is 0 Å². The summed E-state index contributed by atoms with van der Waals surface area (Å²) in [6.45, 7) is 0.621. The van der Waals surface area contributed by atoms with Gasteiger partial charge in [-0.1, -0.05) is 0 Å². The maximum atomic E-state index is 9.93. The number of hydrogen-bond donors (Lipinski definition) is 1. The molecular weight excluding hydrogens is 408 g/mol. The molecule has 0 aliphatic carbocycles. The second-order valence-electron chi connectivity index (χ2n) is 5.04. The molecule has 0 unspecified atom stereocenters. The molecule has 0 amide bonds. The van der Waals surface area contributed by atoms with Crippen LogP contribution in [-0.4, -0.2) is 40.6 Å². The zero-order chi connectivity index (χ0) is 14.7. The lowest BCUT2D eigenvalue weighted by atomic mass is 10.2. The van der Waals surface area contributed by atoms with Crippen molar-refractivity contribution in [3.63, 3.8) is 0 Å². The molecule has 3 atom stereocenters. The normalized spacial score (nSPS) is 27.7. The number of benzene rings is 1. The third kappa shape index (κ3) is 1.90. The highest BCUT2D eigenvalue weighted by Crippen LogP contribution is 2.43. The minimum absolute atomic E-state index is 0.271. The Morgan fingerprint density at radius 3 is 3.00 bits per heavy atom. The largest absolute Gasteiger partial charge is 0.494 e. The molecule has 1 N–H and O–H groups in total. The van der Waals surface area contributed by atoms with Crippen molar-refractivity contribution in [2.45, 2.75) is 25.0 Å². The first kappa shape index (κ1) is 14.0. The highest BCUT2D eigenvalue weighted by molar-refractivity contribution is 9.11. The van der Waals surface area contributed by atoms with Gasteiger partial charge in [-0.05, 0) is 37.9 Å². The standard InChI is InChI=1S/C13H12Br2N2O4/c1-19-11-5(14)2-6-10(9(11)15)16-8-4-20-12-7(18)3-21-13(12)17(6)8/h2,7,12-13,18H,3-4H2,1H3/t7-,12-,13+/m1/s1. The number of aromatic nitrogens is 2. The molecule has 1 aromatic carbocycles. The van der Waals surface area contributed by atoms with Crippen LogP contribution in [0.5, 0.6) is 5.75 Å². The van der Waals surface area contributed by atoms with Gasteiger partial charge in [0.05, 0.1) is 28.2 Å². The lowest BCUT2D eigenvalue weighted by Crippen LogP contribution is -2.36. The van der Waals surface area contributed by atoms with Gasteiger partial charge in [-0.2, -0.15) is 0 Å². The van der Waals surface area contributed by atoms with Crippen LogP contribution in [0.2, 0.25) is 0 Å². The van der Waals surface area contributed by atoms with Crippen LogP contribution in [0.15, 0.2) is 15.0 Å². The highest BCUT2D eigenvalue weighted by Gasteiger charge is 2.43. The zero-order valence-electron chi connectivity index (χ0n) is 11.0. The van der Waals surface area contributed by atoms with Gasteiger partial charge in [0.15, 0.2) is 6.23 Å². The minimum Gasteiger partial charge on any atom is -0.494 e. The Morgan fingerprint density at radius 2 is 2.24 bits per heavy atom. The third-order valence-electron chi connectivity index (χ3n) is 3.87. The van der Waals surface area contributed by atoms with Crippen molar-refractivity contribution < 1.29 is 19.3 Å². The van der Waals surface area contributed by atoms with Crippen LogP contribution in [0.4, 0.5) is 0 Å². The molecule has 3 heterocycles. The summed E-state index contributed by atoms with van der Waals surface area (Å²) < 4.78 is 20.3. The number of aliphatic hydroxyl groups excluding tert-OH is 1. The highest BCUT2D eigenvalue weighted by atomic mass is 79.9. The number of nitrogens with zero attached hydrogens (tertiary/aromatic N) is 2. The molecule has 112 valence electrons. The van der Waals surface area contributed by atoms with E-state index in [4.69, 9.17) is 14.2 Å². The summed E-state index contributed by atoms with van der Waals surface area (Å²) in [7, 11) is 1.61. The van der Waals surface area contributed by atoms with Crippen molar-refractivity contribution in [3.05, 3.63) is 20.8 Å². The van der Waals surface area contributed by atoms with Crippen molar-refractivity contribution in [3.8, 4) is 5.75 Å². The van der Waals surface area contributed by atoms with Gasteiger partial charge in [0.2, 0.25) is 0 Å². The van der Waals surface area contributed by atoms with E-state index in [0.29, 0.717) is 12.4 Å². The molecule has 2 aliphatic heterocycles. The van der Waals surface area contributed by atoms with E-state index in [2.05, 4.69) is 36.8 Å². The maximum Gasteiger partial charge on any atom is 0.164 e. The molecule has 1 aromatic heterocycles. The molecule has 0 saturated carbocycles.